The van der Waals surface area contributed by atoms with Crippen LogP contribution in [-0.4, -0.2) is 52.2 Å². The zero-order valence-corrected chi connectivity index (χ0v) is 22.6. The highest BCUT2D eigenvalue weighted by atomic mass is 31.3. The van der Waals surface area contributed by atoms with Gasteiger partial charge >= 0.3 is 11.7 Å². The third-order valence-corrected chi connectivity index (χ3v) is 8.10. The van der Waals surface area contributed by atoms with E-state index in [9.17, 15) is 38.4 Å². The lowest BCUT2D eigenvalue weighted by atomic mass is 10.1. The number of hydrogen-bond donors (Lipinski definition) is 2. The highest BCUT2D eigenvalue weighted by Gasteiger charge is 2.48. The Labute approximate surface area is 222 Å². The monoisotopic (exact) mass is 590 g/mol. The summed E-state index contributed by atoms with van der Waals surface area (Å²) in [4.78, 5) is 62.4. The van der Waals surface area contributed by atoms with Crippen molar-refractivity contribution in [2.75, 3.05) is 13.2 Å². The van der Waals surface area contributed by atoms with Crippen molar-refractivity contribution in [3.8, 4) is 0 Å². The number of H-pyrrole nitrogens is 1. The van der Waals surface area contributed by atoms with Gasteiger partial charge in [-0.1, -0.05) is 44.4 Å². The Hall–Kier alpha value is -2.45. The Balaban J connectivity index is 1.71. The van der Waals surface area contributed by atoms with Crippen molar-refractivity contribution in [2.24, 2.45) is 0 Å². The number of carbonyl (C=O) groups excluding carboxylic acids is 1. The van der Waals surface area contributed by atoms with E-state index in [1.807, 2.05) is 11.9 Å². The number of carbonyl (C=O) groups is 1. The fraction of sp³-hybridized carbons (Fsp3) is 0.500. The topological polar surface area (TPSA) is 219 Å². The average molecular weight is 590 g/mol. The predicted molar refractivity (Wildman–Crippen MR) is 129 cm³/mol. The summed E-state index contributed by atoms with van der Waals surface area (Å²) < 4.78 is 48.9. The third-order valence-electron chi connectivity index (χ3n) is 5.53. The summed E-state index contributed by atoms with van der Waals surface area (Å²) in [6.07, 6.45) is -2.59. The lowest BCUT2D eigenvalue weighted by Crippen LogP contribution is -2.40. The Morgan fingerprint density at radius 2 is 1.77 bits per heavy atom. The van der Waals surface area contributed by atoms with Gasteiger partial charge in [0.1, 0.15) is 12.2 Å². The van der Waals surface area contributed by atoms with Gasteiger partial charge in [-0.05, 0) is 18.6 Å². The van der Waals surface area contributed by atoms with Crippen LogP contribution in [0.5, 0.6) is 0 Å². The number of ether oxygens (including phenoxy) is 2. The highest BCUT2D eigenvalue weighted by Crippen LogP contribution is 2.55. The van der Waals surface area contributed by atoms with Gasteiger partial charge < -0.3 is 33.4 Å². The minimum atomic E-state index is -5.52. The van der Waals surface area contributed by atoms with Crippen LogP contribution in [0.15, 0.2) is 52.2 Å². The second-order valence-corrected chi connectivity index (χ2v) is 11.4. The Kier molecular flexibility index (Phi) is 11.0. The van der Waals surface area contributed by atoms with Crippen LogP contribution in [-0.2, 0) is 32.0 Å². The van der Waals surface area contributed by atoms with Crippen LogP contribution in [0, 0.1) is 0 Å². The Morgan fingerprint density at radius 3 is 2.44 bits per heavy atom. The molecule has 1 aliphatic heterocycles. The maximum absolute atomic E-state index is 12.6. The quantitative estimate of drug-likeness (QED) is 0.175. The average Bonchev–Trinajstić information content (AvgIpc) is 3.17. The Morgan fingerprint density at radius 1 is 1.08 bits per heavy atom. The lowest BCUT2D eigenvalue weighted by Gasteiger charge is -2.31. The molecule has 1 aromatic heterocycles. The van der Waals surface area contributed by atoms with Crippen LogP contribution in [0.2, 0.25) is 0 Å². The largest absolute Gasteiger partial charge is 0.756 e. The molecule has 2 heterocycles. The van der Waals surface area contributed by atoms with Gasteiger partial charge in [-0.25, -0.2) is 13.9 Å². The minimum Gasteiger partial charge on any atom is -0.756 e. The summed E-state index contributed by atoms with van der Waals surface area (Å²) in [6, 6.07) is 8.63. The number of benzene rings is 1. The number of aliphatic hydroxyl groups excluding tert-OH is 1. The van der Waals surface area contributed by atoms with Crippen molar-refractivity contribution in [3.63, 3.8) is 0 Å². The molecule has 6 atom stereocenters. The van der Waals surface area contributed by atoms with Gasteiger partial charge in [-0.2, -0.15) is 0 Å². The molecule has 0 bridgehead atoms. The van der Waals surface area contributed by atoms with Gasteiger partial charge in [0.2, 0.25) is 0 Å². The summed E-state index contributed by atoms with van der Waals surface area (Å²) >= 11 is 0. The zero-order chi connectivity index (χ0) is 28.6. The standard InChI is InChI=1S/C22H30N2O13P2/c1-2-3-4-8-13-33-38(29,30)37-39(31,32)34-14-16-18(26)19(36-21(27)15-9-6-5-7-10-15)20(35-16)24-12-11-17(25)23-22(24)28/h5-7,9-12,16,18-20,26H,2-4,8,13-14H2,1H3,(H,29,30)(H,31,32)(H,23,25,28)/p-2/t16-,18?,19+,20-/m1/s1. The van der Waals surface area contributed by atoms with E-state index in [0.717, 1.165) is 29.7 Å². The summed E-state index contributed by atoms with van der Waals surface area (Å²) in [7, 11) is -10.8. The smallest absolute Gasteiger partial charge is 0.338 e. The molecule has 0 spiro atoms. The van der Waals surface area contributed by atoms with E-state index >= 15 is 0 Å². The molecule has 216 valence electrons. The summed E-state index contributed by atoms with van der Waals surface area (Å²) in [5.74, 6) is -0.895. The predicted octanol–water partition coefficient (Wildman–Crippen LogP) is 0.587. The van der Waals surface area contributed by atoms with Crippen molar-refractivity contribution < 1.29 is 51.6 Å². The van der Waals surface area contributed by atoms with Crippen molar-refractivity contribution in [1.82, 2.24) is 9.55 Å². The molecule has 0 saturated carbocycles. The second-order valence-electron chi connectivity index (χ2n) is 8.47. The molecule has 0 amide bonds. The van der Waals surface area contributed by atoms with E-state index in [4.69, 9.17) is 9.47 Å². The molecule has 3 rings (SSSR count). The van der Waals surface area contributed by atoms with E-state index < -0.39 is 64.0 Å². The molecule has 0 radical (unpaired) electrons. The maximum atomic E-state index is 12.6. The van der Waals surface area contributed by atoms with Gasteiger partial charge in [0, 0.05) is 12.3 Å². The van der Waals surface area contributed by atoms with Gasteiger partial charge in [-0.15, -0.1) is 0 Å². The normalized spacial score (nSPS) is 24.1. The van der Waals surface area contributed by atoms with Crippen LogP contribution in [0.1, 0.15) is 49.2 Å². The van der Waals surface area contributed by atoms with Crippen molar-refractivity contribution in [1.29, 1.82) is 0 Å². The molecule has 1 aromatic carbocycles. The number of phosphoric ester groups is 2. The molecular formula is C22H28N2O13P2-2. The number of unbranched alkanes of at least 4 members (excludes halogenated alkanes) is 3. The van der Waals surface area contributed by atoms with Gasteiger partial charge in [0.25, 0.3) is 21.2 Å². The molecule has 1 aliphatic rings. The second kappa shape index (κ2) is 13.8. The lowest BCUT2D eigenvalue weighted by molar-refractivity contribution is -0.245. The number of hydrogen-bond acceptors (Lipinski definition) is 13. The van der Waals surface area contributed by atoms with E-state index in [0.29, 0.717) is 12.8 Å². The van der Waals surface area contributed by atoms with Crippen molar-refractivity contribution in [3.05, 3.63) is 69.0 Å². The molecule has 2 N–H and O–H groups in total. The fourth-order valence-corrected chi connectivity index (χ4v) is 5.68. The number of nitrogens with one attached hydrogen (secondary N) is 1. The number of nitrogens with zero attached hydrogens (tertiary/aromatic N) is 1. The number of rotatable bonds is 14. The first-order chi connectivity index (χ1) is 18.4. The number of phosphoric acid groups is 2. The first kappa shape index (κ1) is 31.1. The molecule has 3 unspecified atom stereocenters. The maximum Gasteiger partial charge on any atom is 0.338 e. The van der Waals surface area contributed by atoms with Crippen LogP contribution >= 0.6 is 15.6 Å². The van der Waals surface area contributed by atoms with Crippen LogP contribution < -0.4 is 21.0 Å². The molecule has 17 heteroatoms. The van der Waals surface area contributed by atoms with Crippen LogP contribution in [0.25, 0.3) is 0 Å². The van der Waals surface area contributed by atoms with Crippen molar-refractivity contribution in [2.45, 2.75) is 57.1 Å². The molecular weight excluding hydrogens is 562 g/mol. The summed E-state index contributed by atoms with van der Waals surface area (Å²) in [5.41, 5.74) is -1.59. The van der Waals surface area contributed by atoms with Crippen LogP contribution in [0.3, 0.4) is 0 Å². The number of aromatic nitrogens is 2. The Bertz CT molecular complexity index is 1310. The number of aromatic amines is 1. The van der Waals surface area contributed by atoms with E-state index in [1.54, 1.807) is 18.2 Å². The van der Waals surface area contributed by atoms with E-state index in [2.05, 4.69) is 13.4 Å². The molecule has 2 aromatic rings. The number of esters is 1. The number of aliphatic hydroxyl groups is 1. The molecule has 1 saturated heterocycles. The van der Waals surface area contributed by atoms with Crippen LogP contribution in [0.4, 0.5) is 0 Å². The third kappa shape index (κ3) is 9.04. The fourth-order valence-electron chi connectivity index (χ4n) is 3.64. The molecule has 1 fully saturated rings. The SMILES string of the molecule is CCCCCCOP(=O)([O-])OP(=O)([O-])OC[C@H]1O[C@@H](n2ccc(=O)[nH]c2=O)[C@@H](OC(=O)c2ccccc2)C1O. The molecule has 0 aliphatic carbocycles. The molecule has 39 heavy (non-hydrogen) atoms. The molecule has 15 nitrogen and oxygen atoms in total. The first-order valence-electron chi connectivity index (χ1n) is 12.0. The van der Waals surface area contributed by atoms with E-state index in [1.165, 1.54) is 12.1 Å². The summed E-state index contributed by atoms with van der Waals surface area (Å²) in [6.45, 7) is 0.691. The van der Waals surface area contributed by atoms with Crippen molar-refractivity contribution >= 4 is 21.6 Å². The van der Waals surface area contributed by atoms with Gasteiger partial charge in [0.05, 0.1) is 18.8 Å². The van der Waals surface area contributed by atoms with E-state index in [-0.39, 0.29) is 12.2 Å². The minimum absolute atomic E-state index is 0.107. The zero-order valence-electron chi connectivity index (χ0n) is 20.8. The highest BCUT2D eigenvalue weighted by molar-refractivity contribution is 7.59. The first-order valence-corrected chi connectivity index (χ1v) is 14.9. The van der Waals surface area contributed by atoms with Gasteiger partial charge in [-0.3, -0.25) is 23.5 Å². The summed E-state index contributed by atoms with van der Waals surface area (Å²) in [5, 5.41) is 10.8. The van der Waals surface area contributed by atoms with Gasteiger partial charge in [0.15, 0.2) is 12.3 Å².